The number of amidine groups is 1. The van der Waals surface area contributed by atoms with Gasteiger partial charge in [-0.2, -0.15) is 0 Å². The second-order valence-electron chi connectivity index (χ2n) is 5.79. The van der Waals surface area contributed by atoms with Crippen LogP contribution in [0.4, 0.5) is 5.69 Å². The number of rotatable bonds is 5. The van der Waals surface area contributed by atoms with Crippen molar-refractivity contribution < 1.29 is 20.8 Å². The summed E-state index contributed by atoms with van der Waals surface area (Å²) in [5.41, 5.74) is 1.10. The lowest BCUT2D eigenvalue weighted by atomic mass is 10.1. The Kier molecular flexibility index (Phi) is 3.69. The normalized spacial score (nSPS) is 26.3. The zero-order valence-electron chi connectivity index (χ0n) is 22.6. The first-order valence-electron chi connectivity index (χ1n) is 12.6. The molecule has 0 aliphatic carbocycles. The minimum absolute atomic E-state index is 0.0767. The summed E-state index contributed by atoms with van der Waals surface area (Å²) in [4.78, 5) is 7.98. The molecule has 1 saturated heterocycles. The van der Waals surface area contributed by atoms with Gasteiger partial charge in [-0.25, -0.2) is 4.99 Å². The molecule has 2 aliphatic rings. The van der Waals surface area contributed by atoms with Gasteiger partial charge in [-0.15, -0.1) is 0 Å². The summed E-state index contributed by atoms with van der Waals surface area (Å²) in [5, 5.41) is 8.95. The summed E-state index contributed by atoms with van der Waals surface area (Å²) in [6, 6.07) is 14.5. The third-order valence-corrected chi connectivity index (χ3v) is 5.10. The summed E-state index contributed by atoms with van der Waals surface area (Å²) < 4.78 is 72.7. The van der Waals surface area contributed by atoms with Gasteiger partial charge < -0.3 is 14.7 Å². The molecule has 0 unspecified atom stereocenters. The molecule has 1 N–H and O–H groups in total. The average molecular weight is 392 g/mol. The van der Waals surface area contributed by atoms with Crippen LogP contribution in [0.15, 0.2) is 63.3 Å². The van der Waals surface area contributed by atoms with Gasteiger partial charge in [0, 0.05) is 50.7 Å². The van der Waals surface area contributed by atoms with Crippen molar-refractivity contribution in [1.82, 2.24) is 9.80 Å². The molecule has 0 atom stereocenters. The van der Waals surface area contributed by atoms with Crippen molar-refractivity contribution in [3.63, 3.8) is 0 Å². The summed E-state index contributed by atoms with van der Waals surface area (Å²) in [6.07, 6.45) is 0. The highest BCUT2D eigenvalue weighted by atomic mass is 32.2. The lowest BCUT2D eigenvalue weighted by Crippen LogP contribution is -2.49. The molecule has 6 heteroatoms. The van der Waals surface area contributed by atoms with E-state index < -0.39 is 52.4 Å². The summed E-state index contributed by atoms with van der Waals surface area (Å²) >= 11 is 1.44. The zero-order chi connectivity index (χ0) is 25.6. The Morgan fingerprint density at radius 3 is 2.67 bits per heavy atom. The van der Waals surface area contributed by atoms with E-state index in [1.807, 2.05) is 24.3 Å². The maximum atomic E-state index is 8.95. The van der Waals surface area contributed by atoms with Crippen LogP contribution in [-0.2, 0) is 4.74 Å². The highest BCUT2D eigenvalue weighted by Crippen LogP contribution is 2.40. The third kappa shape index (κ3) is 4.35. The van der Waals surface area contributed by atoms with E-state index in [0.717, 1.165) is 19.6 Å². The smallest absolute Gasteiger partial charge is 0.137 e. The van der Waals surface area contributed by atoms with E-state index in [0.29, 0.717) is 11.3 Å². The molecule has 27 heavy (non-hydrogen) atoms. The van der Waals surface area contributed by atoms with E-state index in [1.54, 1.807) is 24.3 Å². The van der Waals surface area contributed by atoms with Gasteiger partial charge in [0.05, 0.1) is 33.7 Å². The molecular weight excluding hydrogens is 358 g/mol. The van der Waals surface area contributed by atoms with Gasteiger partial charge in [0.2, 0.25) is 0 Å². The fourth-order valence-corrected chi connectivity index (χ4v) is 3.70. The first-order chi connectivity index (χ1) is 16.3. The van der Waals surface area contributed by atoms with Crippen LogP contribution >= 0.6 is 11.8 Å². The number of piperazine rings is 1. The van der Waals surface area contributed by atoms with Gasteiger partial charge in [0.15, 0.2) is 0 Å². The van der Waals surface area contributed by atoms with Gasteiger partial charge >= 0.3 is 0 Å². The summed E-state index contributed by atoms with van der Waals surface area (Å²) in [7, 11) is 0. The lowest BCUT2D eigenvalue weighted by molar-refractivity contribution is 0.0652. The molecule has 0 bridgehead atoms. The Labute approximate surface area is 175 Å². The fraction of sp³-hybridized carbons (Fsp3) is 0.381. The molecule has 1 fully saturated rings. The van der Waals surface area contributed by atoms with Crippen LogP contribution in [0.1, 0.15) is 16.5 Å². The van der Waals surface area contributed by atoms with E-state index in [2.05, 4.69) is 4.99 Å². The number of aliphatic imine (C=N–C) groups is 1. The van der Waals surface area contributed by atoms with Crippen LogP contribution in [0.3, 0.4) is 0 Å². The first-order valence-corrected chi connectivity index (χ1v) is 9.37. The summed E-state index contributed by atoms with van der Waals surface area (Å²) in [6.45, 7) is -13.1. The van der Waals surface area contributed by atoms with E-state index in [-0.39, 0.29) is 5.84 Å². The standard InChI is InChI=1S/C21H25N3O2S/c25-14-16-26-15-13-23-9-11-24(12-10-23)21-17-5-1-3-7-19(17)27-20-8-4-2-6-18(20)22-21/h1-8,25H,9-16H2/i11D2,12D2,13D2,15D2. The van der Waals surface area contributed by atoms with Crippen molar-refractivity contribution in [1.29, 1.82) is 0 Å². The van der Waals surface area contributed by atoms with E-state index >= 15 is 0 Å². The number of ether oxygens (including phenoxy) is 1. The number of aliphatic hydroxyl groups is 1. The minimum atomic E-state index is -2.92. The average Bonchev–Trinajstić information content (AvgIpc) is 2.92. The van der Waals surface area contributed by atoms with Crippen molar-refractivity contribution in [2.24, 2.45) is 4.99 Å². The van der Waals surface area contributed by atoms with Gasteiger partial charge in [-0.1, -0.05) is 42.1 Å². The Morgan fingerprint density at radius 2 is 1.85 bits per heavy atom. The van der Waals surface area contributed by atoms with Crippen LogP contribution in [0.25, 0.3) is 0 Å². The molecule has 0 radical (unpaired) electrons. The number of hydrogen-bond acceptors (Lipinski definition) is 6. The third-order valence-electron chi connectivity index (χ3n) is 3.96. The number of fused-ring (bicyclic) bond motifs is 2. The number of benzene rings is 2. The van der Waals surface area contributed by atoms with Crippen molar-refractivity contribution in [3.8, 4) is 0 Å². The molecule has 0 spiro atoms. The molecule has 0 amide bonds. The van der Waals surface area contributed by atoms with Gasteiger partial charge in [0.25, 0.3) is 0 Å². The second-order valence-corrected chi connectivity index (χ2v) is 6.88. The lowest BCUT2D eigenvalue weighted by Gasteiger charge is -2.36. The molecule has 2 aliphatic heterocycles. The van der Waals surface area contributed by atoms with Crippen LogP contribution < -0.4 is 0 Å². The minimum Gasteiger partial charge on any atom is -0.394 e. The topological polar surface area (TPSA) is 48.3 Å². The predicted molar refractivity (Wildman–Crippen MR) is 109 cm³/mol. The van der Waals surface area contributed by atoms with Gasteiger partial charge in [0.1, 0.15) is 5.84 Å². The largest absolute Gasteiger partial charge is 0.394 e. The Bertz CT molecular complexity index is 1110. The van der Waals surface area contributed by atoms with Crippen LogP contribution in [0.2, 0.25) is 0 Å². The highest BCUT2D eigenvalue weighted by Gasteiger charge is 2.24. The fourth-order valence-electron chi connectivity index (χ4n) is 2.69. The van der Waals surface area contributed by atoms with Gasteiger partial charge in [-0.05, 0) is 18.2 Å². The Balaban J connectivity index is 1.78. The molecule has 4 rings (SSSR count). The maximum Gasteiger partial charge on any atom is 0.137 e. The quantitative estimate of drug-likeness (QED) is 0.849. The molecular formula is C21H25N3O2S. The molecule has 2 aromatic carbocycles. The van der Waals surface area contributed by atoms with E-state index in [9.17, 15) is 0 Å². The Hall–Kier alpha value is -1.86. The number of aliphatic hydroxyl groups excluding tert-OH is 1. The van der Waals surface area contributed by atoms with Crippen molar-refractivity contribution in [2.45, 2.75) is 9.79 Å². The zero-order valence-corrected chi connectivity index (χ0v) is 15.4. The van der Waals surface area contributed by atoms with Crippen LogP contribution in [-0.4, -0.2) is 73.1 Å². The molecule has 142 valence electrons. The van der Waals surface area contributed by atoms with E-state index in [1.165, 1.54) is 11.8 Å². The summed E-state index contributed by atoms with van der Waals surface area (Å²) in [5.74, 6) is 0.0767. The van der Waals surface area contributed by atoms with E-state index in [4.69, 9.17) is 20.8 Å². The Morgan fingerprint density at radius 1 is 1.11 bits per heavy atom. The van der Waals surface area contributed by atoms with Gasteiger partial charge in [-0.3, -0.25) is 4.90 Å². The monoisotopic (exact) mass is 391 g/mol. The molecule has 5 nitrogen and oxygen atoms in total. The van der Waals surface area contributed by atoms with Crippen molar-refractivity contribution >= 4 is 23.3 Å². The van der Waals surface area contributed by atoms with Crippen molar-refractivity contribution in [3.05, 3.63) is 54.1 Å². The second kappa shape index (κ2) is 8.89. The van der Waals surface area contributed by atoms with Crippen molar-refractivity contribution in [2.75, 3.05) is 52.4 Å². The number of para-hydroxylation sites is 1. The van der Waals surface area contributed by atoms with Crippen LogP contribution in [0, 0.1) is 0 Å². The number of hydrogen-bond donors (Lipinski definition) is 1. The molecule has 2 heterocycles. The van der Waals surface area contributed by atoms with Crippen LogP contribution in [0.5, 0.6) is 0 Å². The SMILES string of the molecule is [2H]C1([2H])CN(C([2H])([2H])C([2H])([2H])OCCO)CC([2H])([2H])N1C1=Nc2ccccc2Sc2ccccc21. The highest BCUT2D eigenvalue weighted by molar-refractivity contribution is 7.99. The molecule has 0 saturated carbocycles. The predicted octanol–water partition coefficient (Wildman–Crippen LogP) is 2.86. The number of nitrogens with zero attached hydrogens (tertiary/aromatic N) is 3. The first kappa shape index (κ1) is 11.2. The maximum absolute atomic E-state index is 8.95. The molecule has 0 aromatic heterocycles. The molecule has 2 aromatic rings.